The quantitative estimate of drug-likeness (QED) is 0.180. The molecule has 0 aliphatic heterocycles. The van der Waals surface area contributed by atoms with Crippen LogP contribution in [-0.4, -0.2) is 18.3 Å². The number of hydrogen-bond donors (Lipinski definition) is 1. The second-order valence-electron chi connectivity index (χ2n) is 9.02. The van der Waals surface area contributed by atoms with Gasteiger partial charge in [-0.2, -0.15) is 21.0 Å². The van der Waals surface area contributed by atoms with Gasteiger partial charge in [0.2, 0.25) is 0 Å². The van der Waals surface area contributed by atoms with Gasteiger partial charge in [0.1, 0.15) is 47.8 Å². The highest BCUT2D eigenvalue weighted by Gasteiger charge is 2.17. The van der Waals surface area contributed by atoms with Crippen LogP contribution in [0.5, 0.6) is 5.75 Å². The SMILES string of the molecule is N#CC(C#N)=Cc1ccc(C(=C(c2ccccc2)c2ccc(OCCO)cc2)c2ccc(C=C(C#N)C#N)cc2)cc1. The number of allylic oxidation sites excluding steroid dienone is 2. The number of aliphatic hydroxyl groups excluding tert-OH is 1. The maximum Gasteiger partial charge on any atom is 0.130 e. The Balaban J connectivity index is 1.96. The molecule has 4 rings (SSSR count). The number of nitriles is 4. The molecule has 4 aromatic carbocycles. The van der Waals surface area contributed by atoms with Gasteiger partial charge in [0.05, 0.1) is 6.61 Å². The summed E-state index contributed by atoms with van der Waals surface area (Å²) in [5, 5.41) is 45.8. The van der Waals surface area contributed by atoms with Crippen LogP contribution in [0.25, 0.3) is 23.3 Å². The second-order valence-corrected chi connectivity index (χ2v) is 9.02. The van der Waals surface area contributed by atoms with E-state index in [0.29, 0.717) is 5.75 Å². The summed E-state index contributed by atoms with van der Waals surface area (Å²) < 4.78 is 5.58. The summed E-state index contributed by atoms with van der Waals surface area (Å²) in [5.41, 5.74) is 7.10. The number of aliphatic hydroxyl groups is 1. The zero-order valence-electron chi connectivity index (χ0n) is 22.5. The molecule has 6 heteroatoms. The van der Waals surface area contributed by atoms with E-state index in [4.69, 9.17) is 9.84 Å². The Morgan fingerprint density at radius 1 is 0.548 bits per heavy atom. The largest absolute Gasteiger partial charge is 0.491 e. The van der Waals surface area contributed by atoms with Crippen LogP contribution in [0, 0.1) is 45.3 Å². The van der Waals surface area contributed by atoms with E-state index in [2.05, 4.69) is 0 Å². The predicted molar refractivity (Wildman–Crippen MR) is 162 cm³/mol. The Hall–Kier alpha value is -6.18. The number of benzene rings is 4. The first kappa shape index (κ1) is 28.8. The summed E-state index contributed by atoms with van der Waals surface area (Å²) in [6.45, 7) is 0.123. The molecule has 6 nitrogen and oxygen atoms in total. The third-order valence-corrected chi connectivity index (χ3v) is 6.32. The third-order valence-electron chi connectivity index (χ3n) is 6.32. The maximum absolute atomic E-state index is 9.17. The maximum atomic E-state index is 9.17. The summed E-state index contributed by atoms with van der Waals surface area (Å²) >= 11 is 0. The zero-order valence-corrected chi connectivity index (χ0v) is 22.5. The van der Waals surface area contributed by atoms with E-state index < -0.39 is 0 Å². The fraction of sp³-hybridized carbons (Fsp3) is 0.0556. The van der Waals surface area contributed by atoms with Gasteiger partial charge in [-0.05, 0) is 68.8 Å². The normalized spacial score (nSPS) is 9.64. The highest BCUT2D eigenvalue weighted by Crippen LogP contribution is 2.37. The second kappa shape index (κ2) is 14.3. The van der Waals surface area contributed by atoms with Gasteiger partial charge in [0.25, 0.3) is 0 Å². The van der Waals surface area contributed by atoms with E-state index in [1.807, 2.05) is 127 Å². The minimum Gasteiger partial charge on any atom is -0.491 e. The topological polar surface area (TPSA) is 125 Å². The first-order chi connectivity index (χ1) is 20.6. The minimum atomic E-state index is -0.0775. The van der Waals surface area contributed by atoms with Crippen molar-refractivity contribution in [1.29, 1.82) is 21.0 Å². The summed E-state index contributed by atoms with van der Waals surface area (Å²) in [4.78, 5) is 0. The molecule has 0 bridgehead atoms. The molecule has 0 spiro atoms. The Bertz CT molecular complexity index is 1690. The Morgan fingerprint density at radius 3 is 1.31 bits per heavy atom. The molecule has 1 N–H and O–H groups in total. The lowest BCUT2D eigenvalue weighted by Crippen LogP contribution is -2.02. The molecule has 0 radical (unpaired) electrons. The average Bonchev–Trinajstić information content (AvgIpc) is 3.05. The first-order valence-electron chi connectivity index (χ1n) is 13.0. The fourth-order valence-electron chi connectivity index (χ4n) is 4.40. The lowest BCUT2D eigenvalue weighted by molar-refractivity contribution is 0.201. The molecule has 0 heterocycles. The number of nitrogens with zero attached hydrogens (tertiary/aromatic N) is 4. The van der Waals surface area contributed by atoms with Crippen molar-refractivity contribution in [2.45, 2.75) is 0 Å². The van der Waals surface area contributed by atoms with Crippen LogP contribution in [0.15, 0.2) is 114 Å². The number of hydrogen-bond acceptors (Lipinski definition) is 6. The molecule has 0 aliphatic carbocycles. The number of rotatable bonds is 9. The summed E-state index contributed by atoms with van der Waals surface area (Å²) in [6.07, 6.45) is 3.08. The molecular formula is C36H24N4O2. The first-order valence-corrected chi connectivity index (χ1v) is 13.0. The molecule has 200 valence electrons. The van der Waals surface area contributed by atoms with Gasteiger partial charge in [0.15, 0.2) is 0 Å². The molecule has 4 aromatic rings. The van der Waals surface area contributed by atoms with Crippen molar-refractivity contribution in [2.75, 3.05) is 13.2 Å². The van der Waals surface area contributed by atoms with Crippen molar-refractivity contribution < 1.29 is 9.84 Å². The molecule has 0 saturated heterocycles. The van der Waals surface area contributed by atoms with Crippen molar-refractivity contribution in [3.63, 3.8) is 0 Å². The molecule has 0 aromatic heterocycles. The predicted octanol–water partition coefficient (Wildman–Crippen LogP) is 6.93. The van der Waals surface area contributed by atoms with Crippen LogP contribution in [0.2, 0.25) is 0 Å². The lowest BCUT2D eigenvalue weighted by Gasteiger charge is -2.19. The average molecular weight is 545 g/mol. The van der Waals surface area contributed by atoms with Crippen LogP contribution >= 0.6 is 0 Å². The molecule has 0 atom stereocenters. The molecule has 0 fully saturated rings. The zero-order chi connectivity index (χ0) is 29.7. The summed E-state index contributed by atoms with van der Waals surface area (Å²) in [7, 11) is 0. The molecule has 0 amide bonds. The van der Waals surface area contributed by atoms with Crippen LogP contribution in [0.1, 0.15) is 33.4 Å². The standard InChI is InChI=1S/C36H24N4O2/c37-22-28(23-38)20-26-6-10-31(11-7-26)36(32-12-8-27(9-13-32)21-29(24-39)25-40)35(30-4-2-1-3-5-30)33-14-16-34(17-15-33)42-19-18-41/h1-17,20-21,41H,18-19H2. The van der Waals surface area contributed by atoms with Crippen LogP contribution in [0.3, 0.4) is 0 Å². The fourth-order valence-corrected chi connectivity index (χ4v) is 4.40. The van der Waals surface area contributed by atoms with Gasteiger partial charge in [-0.15, -0.1) is 0 Å². The van der Waals surface area contributed by atoms with E-state index in [9.17, 15) is 21.0 Å². The van der Waals surface area contributed by atoms with Crippen LogP contribution < -0.4 is 4.74 Å². The van der Waals surface area contributed by atoms with E-state index in [-0.39, 0.29) is 24.4 Å². The van der Waals surface area contributed by atoms with E-state index in [0.717, 1.165) is 44.5 Å². The van der Waals surface area contributed by atoms with E-state index in [1.165, 1.54) is 0 Å². The Labute approximate surface area is 244 Å². The van der Waals surface area contributed by atoms with Crippen molar-refractivity contribution >= 4 is 23.3 Å². The van der Waals surface area contributed by atoms with Crippen molar-refractivity contribution in [2.24, 2.45) is 0 Å². The van der Waals surface area contributed by atoms with Gasteiger partial charge in [-0.1, -0.05) is 91.0 Å². The summed E-state index contributed by atoms with van der Waals surface area (Å²) in [6, 6.07) is 40.5. The Morgan fingerprint density at radius 2 is 0.929 bits per heavy atom. The molecular weight excluding hydrogens is 520 g/mol. The molecule has 0 saturated carbocycles. The van der Waals surface area contributed by atoms with Crippen LogP contribution in [0.4, 0.5) is 0 Å². The van der Waals surface area contributed by atoms with Crippen molar-refractivity contribution in [1.82, 2.24) is 0 Å². The molecule has 0 unspecified atom stereocenters. The van der Waals surface area contributed by atoms with Crippen molar-refractivity contribution in [3.8, 4) is 30.0 Å². The monoisotopic (exact) mass is 544 g/mol. The van der Waals surface area contributed by atoms with Gasteiger partial charge in [-0.25, -0.2) is 0 Å². The highest BCUT2D eigenvalue weighted by atomic mass is 16.5. The van der Waals surface area contributed by atoms with E-state index >= 15 is 0 Å². The lowest BCUT2D eigenvalue weighted by atomic mass is 9.85. The smallest absolute Gasteiger partial charge is 0.130 e. The molecule has 0 aliphatic rings. The highest BCUT2D eigenvalue weighted by molar-refractivity contribution is 6.04. The van der Waals surface area contributed by atoms with Gasteiger partial charge in [0, 0.05) is 0 Å². The van der Waals surface area contributed by atoms with Crippen molar-refractivity contribution in [3.05, 3.63) is 148 Å². The minimum absolute atomic E-state index is 0.0183. The van der Waals surface area contributed by atoms with Gasteiger partial charge in [-0.3, -0.25) is 0 Å². The van der Waals surface area contributed by atoms with E-state index in [1.54, 1.807) is 12.2 Å². The number of ether oxygens (including phenoxy) is 1. The van der Waals surface area contributed by atoms with Gasteiger partial charge < -0.3 is 9.84 Å². The van der Waals surface area contributed by atoms with Crippen LogP contribution in [-0.2, 0) is 0 Å². The Kier molecular flexibility index (Phi) is 9.79. The van der Waals surface area contributed by atoms with Gasteiger partial charge >= 0.3 is 0 Å². The third kappa shape index (κ3) is 7.06. The summed E-state index contributed by atoms with van der Waals surface area (Å²) in [5.74, 6) is 0.644. The molecule has 42 heavy (non-hydrogen) atoms.